The zero-order chi connectivity index (χ0) is 28.4. The van der Waals surface area contributed by atoms with Crippen molar-refractivity contribution in [1.82, 2.24) is 9.62 Å². The van der Waals surface area contributed by atoms with Crippen LogP contribution in [-0.4, -0.2) is 60.7 Å². The second kappa shape index (κ2) is 11.6. The van der Waals surface area contributed by atoms with Gasteiger partial charge in [0.2, 0.25) is 10.0 Å². The van der Waals surface area contributed by atoms with Crippen molar-refractivity contribution in [2.24, 2.45) is 5.92 Å². The van der Waals surface area contributed by atoms with E-state index < -0.39 is 22.1 Å². The molecule has 3 N–H and O–H groups in total. The molecule has 8 heteroatoms. The van der Waals surface area contributed by atoms with Crippen LogP contribution in [0.2, 0.25) is 0 Å². The van der Waals surface area contributed by atoms with Crippen LogP contribution in [0.25, 0.3) is 11.1 Å². The minimum Gasteiger partial charge on any atom is -0.478 e. The van der Waals surface area contributed by atoms with Crippen molar-refractivity contribution in [3.8, 4) is 11.1 Å². The molecule has 1 aliphatic carbocycles. The second-order valence-corrected chi connectivity index (χ2v) is 13.3. The van der Waals surface area contributed by atoms with E-state index >= 15 is 0 Å². The van der Waals surface area contributed by atoms with Crippen LogP contribution in [0, 0.1) is 12.8 Å². The van der Waals surface area contributed by atoms with Crippen molar-refractivity contribution in [2.45, 2.75) is 56.6 Å². The van der Waals surface area contributed by atoms with E-state index in [9.17, 15) is 23.4 Å². The van der Waals surface area contributed by atoms with E-state index in [1.807, 2.05) is 0 Å². The molecule has 3 aromatic carbocycles. The highest BCUT2D eigenvalue weighted by Gasteiger charge is 2.29. The lowest BCUT2D eigenvalue weighted by Crippen LogP contribution is -2.47. The van der Waals surface area contributed by atoms with Gasteiger partial charge in [0.25, 0.3) is 0 Å². The number of β-amino-alcohol motifs (C(OH)–C–C–N with tert-alkyl or cyclic N) is 1. The molecule has 1 unspecified atom stereocenters. The smallest absolute Gasteiger partial charge is 0.335 e. The number of hydrogen-bond acceptors (Lipinski definition) is 5. The molecule has 0 saturated heterocycles. The van der Waals surface area contributed by atoms with Gasteiger partial charge >= 0.3 is 5.97 Å². The number of carboxylic acid groups (broad SMARTS) is 1. The van der Waals surface area contributed by atoms with Crippen LogP contribution in [0.5, 0.6) is 0 Å². The lowest BCUT2D eigenvalue weighted by Gasteiger charge is -2.31. The number of hydrogen-bond donors (Lipinski definition) is 3. The summed E-state index contributed by atoms with van der Waals surface area (Å²) in [5.41, 5.74) is 4.64. The zero-order valence-corrected chi connectivity index (χ0v) is 23.8. The Labute approximate surface area is 231 Å². The van der Waals surface area contributed by atoms with Crippen LogP contribution < -0.4 is 5.32 Å². The monoisotopic (exact) mass is 550 g/mol. The van der Waals surface area contributed by atoms with Crippen molar-refractivity contribution in [3.63, 3.8) is 0 Å². The van der Waals surface area contributed by atoms with E-state index in [-0.39, 0.29) is 29.1 Å². The molecule has 1 atom stereocenters. The molecular formula is C31H38N2O5S. The molecule has 0 bridgehead atoms. The SMILES string of the molecule is Cc1c(C(=O)O)cccc1-c1cccc(S(=O)(=O)N(C)CC(O)CNC(C)(C)CC2Cc3ccccc3C2)c1. The largest absolute Gasteiger partial charge is 0.478 e. The van der Waals surface area contributed by atoms with Gasteiger partial charge in [-0.05, 0) is 92.0 Å². The van der Waals surface area contributed by atoms with E-state index in [1.54, 1.807) is 37.3 Å². The number of carboxylic acids is 1. The number of aromatic carboxylic acids is 1. The number of rotatable bonds is 11. The molecule has 0 aromatic heterocycles. The van der Waals surface area contributed by atoms with Gasteiger partial charge < -0.3 is 15.5 Å². The van der Waals surface area contributed by atoms with E-state index in [0.717, 1.165) is 19.3 Å². The third-order valence-corrected chi connectivity index (χ3v) is 9.46. The predicted octanol–water partition coefficient (Wildman–Crippen LogP) is 4.51. The van der Waals surface area contributed by atoms with E-state index in [2.05, 4.69) is 43.4 Å². The highest BCUT2D eigenvalue weighted by Crippen LogP contribution is 2.32. The molecule has 0 aliphatic heterocycles. The summed E-state index contributed by atoms with van der Waals surface area (Å²) in [5, 5.41) is 23.6. The molecule has 0 fully saturated rings. The normalized spacial score (nSPS) is 14.9. The van der Waals surface area contributed by atoms with E-state index in [0.29, 0.717) is 22.6 Å². The van der Waals surface area contributed by atoms with Crippen LogP contribution in [0.15, 0.2) is 71.6 Å². The quantitative estimate of drug-likeness (QED) is 0.324. The molecular weight excluding hydrogens is 512 g/mol. The molecule has 39 heavy (non-hydrogen) atoms. The van der Waals surface area contributed by atoms with Crippen molar-refractivity contribution in [3.05, 3.63) is 89.0 Å². The summed E-state index contributed by atoms with van der Waals surface area (Å²) in [6, 6.07) is 20.0. The average molecular weight is 551 g/mol. The van der Waals surface area contributed by atoms with Crippen LogP contribution >= 0.6 is 0 Å². The highest BCUT2D eigenvalue weighted by atomic mass is 32.2. The van der Waals surface area contributed by atoms with Crippen LogP contribution in [0.3, 0.4) is 0 Å². The number of nitrogens with zero attached hydrogens (tertiary/aromatic N) is 1. The van der Waals surface area contributed by atoms with Gasteiger partial charge in [0.1, 0.15) is 0 Å². The molecule has 7 nitrogen and oxygen atoms in total. The lowest BCUT2D eigenvalue weighted by molar-refractivity contribution is 0.0696. The Balaban J connectivity index is 1.37. The first-order chi connectivity index (χ1) is 18.4. The minimum atomic E-state index is -3.88. The number of aliphatic hydroxyl groups excluding tert-OH is 1. The van der Waals surface area contributed by atoms with Gasteiger partial charge in [-0.15, -0.1) is 0 Å². The molecule has 4 rings (SSSR count). The first-order valence-corrected chi connectivity index (χ1v) is 14.7. The van der Waals surface area contributed by atoms with Crippen LogP contribution in [-0.2, 0) is 22.9 Å². The molecule has 0 spiro atoms. The third-order valence-electron chi connectivity index (χ3n) is 7.64. The zero-order valence-electron chi connectivity index (χ0n) is 23.0. The molecule has 0 amide bonds. The van der Waals surface area contributed by atoms with Gasteiger partial charge in [-0.25, -0.2) is 13.2 Å². The minimum absolute atomic E-state index is 0.0575. The molecule has 208 valence electrons. The van der Waals surface area contributed by atoms with Gasteiger partial charge in [0, 0.05) is 25.7 Å². The summed E-state index contributed by atoms with van der Waals surface area (Å²) in [5.74, 6) is -0.492. The van der Waals surface area contributed by atoms with Crippen molar-refractivity contribution in [1.29, 1.82) is 0 Å². The van der Waals surface area contributed by atoms with Gasteiger partial charge in [0.15, 0.2) is 0 Å². The third kappa shape index (κ3) is 6.76. The fraction of sp³-hybridized carbons (Fsp3) is 0.387. The molecule has 0 saturated carbocycles. The topological polar surface area (TPSA) is 107 Å². The second-order valence-electron chi connectivity index (χ2n) is 11.3. The summed E-state index contributed by atoms with van der Waals surface area (Å²) in [4.78, 5) is 11.6. The van der Waals surface area contributed by atoms with Crippen molar-refractivity contribution >= 4 is 16.0 Å². The fourth-order valence-electron chi connectivity index (χ4n) is 5.63. The van der Waals surface area contributed by atoms with Gasteiger partial charge in [0.05, 0.1) is 16.6 Å². The summed E-state index contributed by atoms with van der Waals surface area (Å²) < 4.78 is 27.9. The maximum atomic E-state index is 13.4. The lowest BCUT2D eigenvalue weighted by atomic mass is 9.88. The Hall–Kier alpha value is -3.04. The summed E-state index contributed by atoms with van der Waals surface area (Å²) in [6.45, 7) is 6.17. The number of nitrogens with one attached hydrogen (secondary N) is 1. The Kier molecular flexibility index (Phi) is 8.61. The number of benzene rings is 3. The number of carbonyl (C=O) groups is 1. The summed E-state index contributed by atoms with van der Waals surface area (Å²) in [7, 11) is -2.42. The van der Waals surface area contributed by atoms with Gasteiger partial charge in [-0.3, -0.25) is 0 Å². The van der Waals surface area contributed by atoms with Gasteiger partial charge in [-0.2, -0.15) is 4.31 Å². The number of fused-ring (bicyclic) bond motifs is 1. The average Bonchev–Trinajstić information content (AvgIpc) is 3.29. The first-order valence-electron chi connectivity index (χ1n) is 13.3. The fourth-order valence-corrected chi connectivity index (χ4v) is 6.88. The molecule has 0 radical (unpaired) electrons. The van der Waals surface area contributed by atoms with E-state index in [4.69, 9.17) is 0 Å². The Morgan fingerprint density at radius 1 is 1.05 bits per heavy atom. The first kappa shape index (κ1) is 29.0. The predicted molar refractivity (Wildman–Crippen MR) is 153 cm³/mol. The van der Waals surface area contributed by atoms with Crippen molar-refractivity contribution in [2.75, 3.05) is 20.1 Å². The molecule has 3 aromatic rings. The maximum absolute atomic E-state index is 13.4. The van der Waals surface area contributed by atoms with Crippen LogP contribution in [0.1, 0.15) is 47.3 Å². The molecule has 1 aliphatic rings. The van der Waals surface area contributed by atoms with Crippen molar-refractivity contribution < 1.29 is 23.4 Å². The Bertz CT molecular complexity index is 1430. The van der Waals surface area contributed by atoms with Crippen LogP contribution in [0.4, 0.5) is 0 Å². The maximum Gasteiger partial charge on any atom is 0.335 e. The molecule has 0 heterocycles. The number of aliphatic hydroxyl groups is 1. The van der Waals surface area contributed by atoms with E-state index in [1.165, 1.54) is 34.6 Å². The summed E-state index contributed by atoms with van der Waals surface area (Å²) >= 11 is 0. The number of sulfonamides is 1. The summed E-state index contributed by atoms with van der Waals surface area (Å²) in [6.07, 6.45) is 2.19. The standard InChI is InChI=1S/C31H38N2O5S/c1-21-28(13-8-14-29(21)30(35)36)25-11-7-12-27(17-25)39(37,38)33(4)20-26(34)19-32-31(2,3)18-22-15-23-9-5-6-10-24(23)16-22/h5-14,17,22,26,32,34H,15-16,18-20H2,1-4H3,(H,35,36). The Morgan fingerprint density at radius 2 is 1.69 bits per heavy atom. The Morgan fingerprint density at radius 3 is 2.33 bits per heavy atom. The van der Waals surface area contributed by atoms with Gasteiger partial charge in [-0.1, -0.05) is 48.5 Å². The highest BCUT2D eigenvalue weighted by molar-refractivity contribution is 7.89. The number of likely N-dealkylation sites (N-methyl/N-ethyl adjacent to an activating group) is 1.